The van der Waals surface area contributed by atoms with Crippen LogP contribution < -0.4 is 5.32 Å². The number of hydrogen-bond donors (Lipinski definition) is 3. The first-order chi connectivity index (χ1) is 7.31. The summed E-state index contributed by atoms with van der Waals surface area (Å²) >= 11 is 0. The fourth-order valence-corrected chi connectivity index (χ4v) is 2.56. The number of aliphatic carboxylic acids is 1. The minimum atomic E-state index is -2.76. The summed E-state index contributed by atoms with van der Waals surface area (Å²) in [6.45, 7) is 0.314. The Morgan fingerprint density at radius 2 is 1.62 bits per heavy atom. The van der Waals surface area contributed by atoms with Crippen LogP contribution >= 0.6 is 0 Å². The van der Waals surface area contributed by atoms with E-state index >= 15 is 0 Å². The number of aliphatic hydroxyl groups is 1. The maximum Gasteiger partial charge on any atom is 0.315 e. The molecule has 1 aliphatic heterocycles. The van der Waals surface area contributed by atoms with Crippen LogP contribution in [0, 0.1) is 5.41 Å². The molecule has 0 radical (unpaired) electrons. The zero-order valence-electron chi connectivity index (χ0n) is 8.80. The Morgan fingerprint density at radius 1 is 1.12 bits per heavy atom. The van der Waals surface area contributed by atoms with E-state index in [1.54, 1.807) is 0 Å². The molecule has 0 atom stereocenters. The van der Waals surface area contributed by atoms with Gasteiger partial charge in [0.1, 0.15) is 5.41 Å². The van der Waals surface area contributed by atoms with Gasteiger partial charge in [0.15, 0.2) is 0 Å². The van der Waals surface area contributed by atoms with E-state index in [2.05, 4.69) is 5.32 Å². The van der Waals surface area contributed by atoms with Crippen molar-refractivity contribution in [2.24, 2.45) is 5.41 Å². The Hall–Kier alpha value is -0.750. The van der Waals surface area contributed by atoms with Crippen LogP contribution in [0.4, 0.5) is 8.78 Å². The number of alkyl halides is 2. The van der Waals surface area contributed by atoms with Gasteiger partial charge < -0.3 is 15.5 Å². The van der Waals surface area contributed by atoms with Crippen LogP contribution in [0.25, 0.3) is 0 Å². The molecule has 0 aromatic rings. The number of rotatable bonds is 2. The van der Waals surface area contributed by atoms with Crippen molar-refractivity contribution in [1.29, 1.82) is 0 Å². The Labute approximate surface area is 91.6 Å². The molecule has 16 heavy (non-hydrogen) atoms. The molecule has 0 aromatic heterocycles. The monoisotopic (exact) mass is 235 g/mol. The van der Waals surface area contributed by atoms with Crippen molar-refractivity contribution >= 4 is 5.97 Å². The van der Waals surface area contributed by atoms with E-state index in [1.807, 2.05) is 0 Å². The molecule has 1 saturated heterocycles. The smallest absolute Gasteiger partial charge is 0.315 e. The van der Waals surface area contributed by atoms with Gasteiger partial charge in [0.05, 0.1) is 5.60 Å². The fourth-order valence-electron chi connectivity index (χ4n) is 2.56. The minimum absolute atomic E-state index is 0.145. The average Bonchev–Trinajstić information content (AvgIpc) is 2.08. The van der Waals surface area contributed by atoms with Gasteiger partial charge >= 0.3 is 5.97 Å². The van der Waals surface area contributed by atoms with Crippen LogP contribution in [0.15, 0.2) is 0 Å². The zero-order valence-corrected chi connectivity index (χ0v) is 8.80. The van der Waals surface area contributed by atoms with Crippen molar-refractivity contribution in [3.05, 3.63) is 0 Å². The van der Waals surface area contributed by atoms with Crippen molar-refractivity contribution in [2.75, 3.05) is 13.1 Å². The summed E-state index contributed by atoms with van der Waals surface area (Å²) < 4.78 is 26.0. The second-order valence-corrected chi connectivity index (χ2v) is 4.88. The maximum atomic E-state index is 13.0. The number of halogens is 2. The second kappa shape index (κ2) is 3.37. The van der Waals surface area contributed by atoms with Crippen molar-refractivity contribution in [3.8, 4) is 0 Å². The summed E-state index contributed by atoms with van der Waals surface area (Å²) in [5.41, 5.74) is -2.77. The van der Waals surface area contributed by atoms with Crippen LogP contribution in [0.2, 0.25) is 0 Å². The summed E-state index contributed by atoms with van der Waals surface area (Å²) in [6, 6.07) is 0. The SMILES string of the molecule is O=C(O)C1(C2(O)CCC(F)(F)CC2)CNC1. The first-order valence-corrected chi connectivity index (χ1v) is 5.36. The van der Waals surface area contributed by atoms with Crippen LogP contribution in [-0.4, -0.2) is 40.8 Å². The van der Waals surface area contributed by atoms with Gasteiger partial charge in [0.25, 0.3) is 0 Å². The first-order valence-electron chi connectivity index (χ1n) is 5.36. The number of nitrogens with one attached hydrogen (secondary N) is 1. The molecule has 1 aliphatic carbocycles. The molecule has 6 heteroatoms. The summed E-state index contributed by atoms with van der Waals surface area (Å²) in [4.78, 5) is 11.2. The third kappa shape index (κ3) is 1.51. The Morgan fingerprint density at radius 3 is 1.94 bits per heavy atom. The molecule has 92 valence electrons. The molecule has 0 amide bonds. The summed E-state index contributed by atoms with van der Waals surface area (Å²) in [5.74, 6) is -3.86. The molecule has 4 nitrogen and oxygen atoms in total. The third-order valence-corrected chi connectivity index (χ3v) is 3.96. The molecule has 3 N–H and O–H groups in total. The number of hydrogen-bond acceptors (Lipinski definition) is 3. The van der Waals surface area contributed by atoms with E-state index in [4.69, 9.17) is 5.11 Å². The third-order valence-electron chi connectivity index (χ3n) is 3.96. The maximum absolute atomic E-state index is 13.0. The molecular formula is C10H15F2NO3. The lowest BCUT2D eigenvalue weighted by Crippen LogP contribution is -2.70. The van der Waals surface area contributed by atoms with E-state index in [9.17, 15) is 18.7 Å². The predicted molar refractivity (Wildman–Crippen MR) is 51.3 cm³/mol. The normalized spacial score (nSPS) is 30.4. The Bertz CT molecular complexity index is 305. The van der Waals surface area contributed by atoms with Gasteiger partial charge in [-0.2, -0.15) is 0 Å². The molecule has 2 rings (SSSR count). The van der Waals surface area contributed by atoms with Crippen LogP contribution in [-0.2, 0) is 4.79 Å². The predicted octanol–water partition coefficient (Wildman–Crippen LogP) is 0.601. The summed E-state index contributed by atoms with van der Waals surface area (Å²) in [6.07, 6.45) is -1.15. The van der Waals surface area contributed by atoms with Gasteiger partial charge in [0, 0.05) is 25.9 Å². The lowest BCUT2D eigenvalue weighted by atomic mass is 9.61. The highest BCUT2D eigenvalue weighted by molar-refractivity contribution is 5.78. The van der Waals surface area contributed by atoms with Crippen molar-refractivity contribution < 1.29 is 23.8 Å². The van der Waals surface area contributed by atoms with E-state index in [-0.39, 0.29) is 25.9 Å². The molecule has 1 saturated carbocycles. The summed E-state index contributed by atoms with van der Waals surface area (Å²) in [5, 5.41) is 22.2. The van der Waals surface area contributed by atoms with Gasteiger partial charge in [-0.25, -0.2) is 8.78 Å². The highest BCUT2D eigenvalue weighted by Crippen LogP contribution is 2.48. The molecular weight excluding hydrogens is 220 g/mol. The Kier molecular flexibility index (Phi) is 2.47. The quantitative estimate of drug-likeness (QED) is 0.655. The van der Waals surface area contributed by atoms with E-state index in [0.717, 1.165) is 0 Å². The van der Waals surface area contributed by atoms with E-state index in [0.29, 0.717) is 0 Å². The highest BCUT2D eigenvalue weighted by Gasteiger charge is 2.62. The number of carboxylic acids is 1. The molecule has 0 aromatic carbocycles. The van der Waals surface area contributed by atoms with Gasteiger partial charge in [-0.15, -0.1) is 0 Å². The van der Waals surface area contributed by atoms with Gasteiger partial charge in [0.2, 0.25) is 5.92 Å². The van der Waals surface area contributed by atoms with Crippen molar-refractivity contribution in [3.63, 3.8) is 0 Å². The lowest BCUT2D eigenvalue weighted by molar-refractivity contribution is -0.198. The van der Waals surface area contributed by atoms with Crippen LogP contribution in [0.3, 0.4) is 0 Å². The Balaban J connectivity index is 2.17. The van der Waals surface area contributed by atoms with Gasteiger partial charge in [-0.3, -0.25) is 4.79 Å². The molecule has 1 heterocycles. The topological polar surface area (TPSA) is 69.6 Å². The van der Waals surface area contributed by atoms with Gasteiger partial charge in [-0.05, 0) is 12.8 Å². The molecule has 0 spiro atoms. The van der Waals surface area contributed by atoms with Gasteiger partial charge in [-0.1, -0.05) is 0 Å². The van der Waals surface area contributed by atoms with Crippen molar-refractivity contribution in [1.82, 2.24) is 5.32 Å². The molecule has 2 aliphatic rings. The van der Waals surface area contributed by atoms with E-state index in [1.165, 1.54) is 0 Å². The van der Waals surface area contributed by atoms with Crippen LogP contribution in [0.5, 0.6) is 0 Å². The van der Waals surface area contributed by atoms with E-state index < -0.39 is 35.7 Å². The summed E-state index contributed by atoms with van der Waals surface area (Å²) in [7, 11) is 0. The fraction of sp³-hybridized carbons (Fsp3) is 0.900. The largest absolute Gasteiger partial charge is 0.481 e. The number of carbonyl (C=O) groups is 1. The molecule has 2 fully saturated rings. The van der Waals surface area contributed by atoms with Crippen LogP contribution in [0.1, 0.15) is 25.7 Å². The molecule has 0 bridgehead atoms. The lowest BCUT2D eigenvalue weighted by Gasteiger charge is -2.52. The molecule has 0 unspecified atom stereocenters. The second-order valence-electron chi connectivity index (χ2n) is 4.88. The highest BCUT2D eigenvalue weighted by atomic mass is 19.3. The average molecular weight is 235 g/mol. The minimum Gasteiger partial charge on any atom is -0.481 e. The standard InChI is InChI=1S/C10H15F2NO3/c11-10(12)3-1-9(16,2-4-10)8(7(14)15)5-13-6-8/h13,16H,1-6H2,(H,14,15). The number of carboxylic acid groups (broad SMARTS) is 1. The zero-order chi connectivity index (χ0) is 12.0. The first kappa shape index (κ1) is 11.7. The van der Waals surface area contributed by atoms with Crippen molar-refractivity contribution in [2.45, 2.75) is 37.2 Å².